The van der Waals surface area contributed by atoms with E-state index in [9.17, 15) is 14.4 Å². The molecule has 0 aromatic rings. The maximum Gasteiger partial charge on any atom is 0.409 e. The fourth-order valence-electron chi connectivity index (χ4n) is 2.73. The lowest BCUT2D eigenvalue weighted by molar-refractivity contribution is -0.144. The Morgan fingerprint density at radius 3 is 2.17 bits per heavy atom. The Hall–Kier alpha value is -1.79. The fraction of sp³-hybridized carbons (Fsp3) is 0.812. The van der Waals surface area contributed by atoms with E-state index < -0.39 is 0 Å². The van der Waals surface area contributed by atoms with Gasteiger partial charge in [-0.2, -0.15) is 0 Å². The molecule has 1 rings (SSSR count). The summed E-state index contributed by atoms with van der Waals surface area (Å²) in [6, 6.07) is 0.0579. The number of hydrogen-bond acceptors (Lipinski definition) is 5. The summed E-state index contributed by atoms with van der Waals surface area (Å²) in [7, 11) is 0. The summed E-state index contributed by atoms with van der Waals surface area (Å²) in [5.74, 6) is -0.255. The summed E-state index contributed by atoms with van der Waals surface area (Å²) < 4.78 is 9.92. The largest absolute Gasteiger partial charge is 0.466 e. The fourth-order valence-corrected chi connectivity index (χ4v) is 2.73. The highest BCUT2D eigenvalue weighted by Gasteiger charge is 2.29. The summed E-state index contributed by atoms with van der Waals surface area (Å²) >= 11 is 0. The topological polar surface area (TPSA) is 76.2 Å². The Balaban J connectivity index is 2.55. The lowest BCUT2D eigenvalue weighted by Gasteiger charge is -2.38. The average Bonchev–Trinajstić information content (AvgIpc) is 2.55. The van der Waals surface area contributed by atoms with E-state index in [1.807, 2.05) is 6.92 Å². The molecule has 1 saturated heterocycles. The molecule has 0 aromatic carbocycles. The van der Waals surface area contributed by atoms with E-state index in [-0.39, 0.29) is 30.4 Å². The van der Waals surface area contributed by atoms with Crippen molar-refractivity contribution in [1.29, 1.82) is 0 Å². The Kier molecular flexibility index (Phi) is 8.43. The summed E-state index contributed by atoms with van der Waals surface area (Å²) in [4.78, 5) is 38.8. The maximum atomic E-state index is 12.2. The first-order valence-electron chi connectivity index (χ1n) is 8.40. The second kappa shape index (κ2) is 10.1. The van der Waals surface area contributed by atoms with Gasteiger partial charge < -0.3 is 19.3 Å². The van der Waals surface area contributed by atoms with Crippen molar-refractivity contribution in [2.75, 3.05) is 32.8 Å². The van der Waals surface area contributed by atoms with Crippen LogP contribution in [-0.4, -0.2) is 66.7 Å². The van der Waals surface area contributed by atoms with Crippen molar-refractivity contribution in [3.63, 3.8) is 0 Å². The molecule has 7 heteroatoms. The van der Waals surface area contributed by atoms with Crippen LogP contribution < -0.4 is 0 Å². The molecule has 0 aromatic heterocycles. The summed E-state index contributed by atoms with van der Waals surface area (Å²) in [5, 5.41) is 0. The van der Waals surface area contributed by atoms with Crippen LogP contribution in [0.1, 0.15) is 46.5 Å². The molecule has 0 saturated carbocycles. The molecule has 2 amide bonds. The Labute approximate surface area is 137 Å². The van der Waals surface area contributed by atoms with Gasteiger partial charge in [0.2, 0.25) is 5.91 Å². The van der Waals surface area contributed by atoms with Crippen molar-refractivity contribution in [3.8, 4) is 0 Å². The molecule has 7 nitrogen and oxygen atoms in total. The average molecular weight is 328 g/mol. The van der Waals surface area contributed by atoms with Crippen LogP contribution in [-0.2, 0) is 19.1 Å². The van der Waals surface area contributed by atoms with Crippen LogP contribution >= 0.6 is 0 Å². The van der Waals surface area contributed by atoms with Crippen molar-refractivity contribution in [2.45, 2.75) is 52.5 Å². The number of hydrogen-bond donors (Lipinski definition) is 0. The first-order chi connectivity index (χ1) is 11.0. The van der Waals surface area contributed by atoms with Crippen LogP contribution in [0.25, 0.3) is 0 Å². The lowest BCUT2D eigenvalue weighted by atomic mass is 10.0. The van der Waals surface area contributed by atoms with Gasteiger partial charge in [-0.15, -0.1) is 0 Å². The number of ether oxygens (including phenoxy) is 2. The molecule has 1 aliphatic rings. The van der Waals surface area contributed by atoms with Gasteiger partial charge in [-0.05, 0) is 26.7 Å². The zero-order valence-electron chi connectivity index (χ0n) is 14.4. The number of nitrogens with zero attached hydrogens (tertiary/aromatic N) is 2. The zero-order valence-corrected chi connectivity index (χ0v) is 14.4. The van der Waals surface area contributed by atoms with E-state index in [1.165, 1.54) is 0 Å². The number of esters is 1. The summed E-state index contributed by atoms with van der Waals surface area (Å²) in [5.41, 5.74) is 0. The van der Waals surface area contributed by atoms with Gasteiger partial charge in [-0.1, -0.05) is 6.92 Å². The highest BCUT2D eigenvalue weighted by molar-refractivity contribution is 5.77. The van der Waals surface area contributed by atoms with E-state index in [0.29, 0.717) is 52.1 Å². The standard InChI is InChI=1S/C16H28N2O5/c1-4-14(19)18(12-9-15(20)22-5-2)13-7-10-17(11-8-13)16(21)23-6-3/h13H,4-12H2,1-3H3. The molecule has 0 N–H and O–H groups in total. The van der Waals surface area contributed by atoms with Crippen molar-refractivity contribution < 1.29 is 23.9 Å². The van der Waals surface area contributed by atoms with E-state index in [1.54, 1.807) is 23.6 Å². The quantitative estimate of drug-likeness (QED) is 0.666. The number of amides is 2. The normalized spacial score (nSPS) is 15.2. The van der Waals surface area contributed by atoms with E-state index in [4.69, 9.17) is 9.47 Å². The molecule has 0 spiro atoms. The van der Waals surface area contributed by atoms with Gasteiger partial charge in [-0.3, -0.25) is 9.59 Å². The minimum atomic E-state index is -0.300. The molecule has 0 atom stereocenters. The summed E-state index contributed by atoms with van der Waals surface area (Å²) in [6.07, 6.45) is 1.71. The molecule has 23 heavy (non-hydrogen) atoms. The molecular weight excluding hydrogens is 300 g/mol. The third-order valence-electron chi connectivity index (χ3n) is 3.92. The SMILES string of the molecule is CCOC(=O)CCN(C(=O)CC)C1CCN(C(=O)OCC)CC1. The second-order valence-electron chi connectivity index (χ2n) is 5.41. The highest BCUT2D eigenvalue weighted by Crippen LogP contribution is 2.19. The predicted molar refractivity (Wildman–Crippen MR) is 84.9 cm³/mol. The van der Waals surface area contributed by atoms with Gasteiger partial charge in [0.15, 0.2) is 0 Å². The lowest BCUT2D eigenvalue weighted by Crippen LogP contribution is -2.49. The van der Waals surface area contributed by atoms with Crippen LogP contribution in [0.2, 0.25) is 0 Å². The maximum absolute atomic E-state index is 12.2. The Morgan fingerprint density at radius 1 is 1.04 bits per heavy atom. The van der Waals surface area contributed by atoms with Gasteiger partial charge in [0, 0.05) is 32.1 Å². The monoisotopic (exact) mass is 328 g/mol. The molecule has 0 radical (unpaired) electrons. The number of piperidine rings is 1. The van der Waals surface area contributed by atoms with Gasteiger partial charge in [0.25, 0.3) is 0 Å². The van der Waals surface area contributed by atoms with Crippen molar-refractivity contribution >= 4 is 18.0 Å². The van der Waals surface area contributed by atoms with Crippen LogP contribution in [0.4, 0.5) is 4.79 Å². The molecule has 0 aliphatic carbocycles. The Morgan fingerprint density at radius 2 is 1.65 bits per heavy atom. The van der Waals surface area contributed by atoms with Crippen LogP contribution in [0, 0.1) is 0 Å². The number of carbonyl (C=O) groups excluding carboxylic acids is 3. The van der Waals surface area contributed by atoms with Crippen molar-refractivity contribution in [1.82, 2.24) is 9.80 Å². The summed E-state index contributed by atoms with van der Waals surface area (Å²) in [6.45, 7) is 7.56. The minimum absolute atomic E-state index is 0.0314. The van der Waals surface area contributed by atoms with E-state index >= 15 is 0 Å². The first kappa shape index (κ1) is 19.3. The number of carbonyl (C=O) groups is 3. The van der Waals surface area contributed by atoms with Crippen molar-refractivity contribution in [3.05, 3.63) is 0 Å². The molecule has 132 valence electrons. The number of likely N-dealkylation sites (tertiary alicyclic amines) is 1. The van der Waals surface area contributed by atoms with Gasteiger partial charge in [-0.25, -0.2) is 4.79 Å². The predicted octanol–water partition coefficient (Wildman–Crippen LogP) is 1.80. The second-order valence-corrected chi connectivity index (χ2v) is 5.41. The highest BCUT2D eigenvalue weighted by atomic mass is 16.6. The third kappa shape index (κ3) is 6.08. The van der Waals surface area contributed by atoms with E-state index in [0.717, 1.165) is 0 Å². The van der Waals surface area contributed by atoms with Gasteiger partial charge in [0.05, 0.1) is 19.6 Å². The molecule has 0 bridgehead atoms. The molecule has 1 fully saturated rings. The first-order valence-corrected chi connectivity index (χ1v) is 8.40. The Bertz CT molecular complexity index is 405. The molecule has 0 unspecified atom stereocenters. The molecular formula is C16H28N2O5. The zero-order chi connectivity index (χ0) is 17.2. The van der Waals surface area contributed by atoms with Crippen molar-refractivity contribution in [2.24, 2.45) is 0 Å². The minimum Gasteiger partial charge on any atom is -0.466 e. The molecule has 1 heterocycles. The smallest absolute Gasteiger partial charge is 0.409 e. The van der Waals surface area contributed by atoms with Crippen LogP contribution in [0.3, 0.4) is 0 Å². The van der Waals surface area contributed by atoms with Gasteiger partial charge in [0.1, 0.15) is 0 Å². The van der Waals surface area contributed by atoms with Crippen LogP contribution in [0.15, 0.2) is 0 Å². The van der Waals surface area contributed by atoms with E-state index in [2.05, 4.69) is 0 Å². The van der Waals surface area contributed by atoms with Gasteiger partial charge >= 0.3 is 12.1 Å². The molecule has 1 aliphatic heterocycles. The number of rotatable bonds is 7. The van der Waals surface area contributed by atoms with Crippen LogP contribution in [0.5, 0.6) is 0 Å². The third-order valence-corrected chi connectivity index (χ3v) is 3.92.